The fourth-order valence-electron chi connectivity index (χ4n) is 1.86. The summed E-state index contributed by atoms with van der Waals surface area (Å²) in [6.45, 7) is 1.55. The number of nitrogens with one attached hydrogen (secondary N) is 1. The summed E-state index contributed by atoms with van der Waals surface area (Å²) in [6.07, 6.45) is -4.43. The van der Waals surface area contributed by atoms with Crippen molar-refractivity contribution in [1.82, 2.24) is 4.98 Å². The van der Waals surface area contributed by atoms with Crippen molar-refractivity contribution in [2.75, 3.05) is 0 Å². The number of nitrogen functional groups attached to an aromatic ring is 1. The summed E-state index contributed by atoms with van der Waals surface area (Å²) in [5.41, 5.74) is 5.34. The molecule has 18 heavy (non-hydrogen) atoms. The van der Waals surface area contributed by atoms with Crippen LogP contribution in [0.1, 0.15) is 16.8 Å². The highest BCUT2D eigenvalue weighted by Crippen LogP contribution is 2.35. The van der Waals surface area contributed by atoms with Crippen molar-refractivity contribution in [3.63, 3.8) is 0 Å². The molecule has 0 saturated carbocycles. The van der Waals surface area contributed by atoms with E-state index in [1.807, 2.05) is 0 Å². The van der Waals surface area contributed by atoms with E-state index in [2.05, 4.69) is 4.98 Å². The zero-order chi connectivity index (χ0) is 13.5. The first-order valence-electron chi connectivity index (χ1n) is 5.12. The predicted octanol–water partition coefficient (Wildman–Crippen LogP) is 2.85. The summed E-state index contributed by atoms with van der Waals surface area (Å²) in [4.78, 5) is 3.96. The van der Waals surface area contributed by atoms with Gasteiger partial charge in [-0.3, -0.25) is 5.41 Å². The maximum Gasteiger partial charge on any atom is 0.417 e. The van der Waals surface area contributed by atoms with Gasteiger partial charge in [-0.25, -0.2) is 4.98 Å². The number of benzene rings is 1. The average molecular weight is 253 g/mol. The molecule has 0 aliphatic carbocycles. The molecule has 94 valence electrons. The van der Waals surface area contributed by atoms with Crippen molar-refractivity contribution in [2.24, 2.45) is 5.73 Å². The minimum absolute atomic E-state index is 0.0509. The topological polar surface area (TPSA) is 62.8 Å². The fourth-order valence-corrected chi connectivity index (χ4v) is 1.86. The van der Waals surface area contributed by atoms with Crippen molar-refractivity contribution in [2.45, 2.75) is 13.1 Å². The quantitative estimate of drug-likeness (QED) is 0.606. The van der Waals surface area contributed by atoms with Crippen LogP contribution in [0.25, 0.3) is 10.9 Å². The predicted molar refractivity (Wildman–Crippen MR) is 62.5 cm³/mol. The normalized spacial score (nSPS) is 11.8. The zero-order valence-corrected chi connectivity index (χ0v) is 9.47. The van der Waals surface area contributed by atoms with Gasteiger partial charge in [-0.1, -0.05) is 6.07 Å². The number of nitrogens with zero attached hydrogens (tertiary/aromatic N) is 1. The molecule has 0 spiro atoms. The maximum absolute atomic E-state index is 12.9. The molecule has 0 aliphatic rings. The second-order valence-electron chi connectivity index (χ2n) is 3.94. The van der Waals surface area contributed by atoms with Gasteiger partial charge in [0.1, 0.15) is 11.5 Å². The van der Waals surface area contributed by atoms with E-state index in [1.54, 1.807) is 6.92 Å². The Balaban J connectivity index is 2.83. The van der Waals surface area contributed by atoms with E-state index in [4.69, 9.17) is 11.1 Å². The molecule has 2 rings (SSSR count). The van der Waals surface area contributed by atoms with E-state index < -0.39 is 11.7 Å². The maximum atomic E-state index is 12.9. The molecule has 1 heterocycles. The van der Waals surface area contributed by atoms with Crippen LogP contribution in [0.4, 0.5) is 13.2 Å². The van der Waals surface area contributed by atoms with Crippen molar-refractivity contribution < 1.29 is 13.2 Å². The number of amidine groups is 1. The monoisotopic (exact) mass is 253 g/mol. The van der Waals surface area contributed by atoms with Gasteiger partial charge in [-0.15, -0.1) is 0 Å². The summed E-state index contributed by atoms with van der Waals surface area (Å²) >= 11 is 0. The summed E-state index contributed by atoms with van der Waals surface area (Å²) in [5.74, 6) is -0.266. The molecule has 2 aromatic rings. The number of hydrogen-bond acceptors (Lipinski definition) is 2. The highest BCUT2D eigenvalue weighted by atomic mass is 19.4. The fraction of sp³-hybridized carbons (Fsp3) is 0.167. The first kappa shape index (κ1) is 12.3. The minimum atomic E-state index is -4.43. The standard InChI is InChI=1S/C12H10F3N3/c1-6-5-9(11(16)17)18-8-4-2-3-7(10(6)8)12(13,14)15/h2-5H,1H3,(H3,16,17). The van der Waals surface area contributed by atoms with Crippen molar-refractivity contribution >= 4 is 16.7 Å². The van der Waals surface area contributed by atoms with Crippen LogP contribution in [-0.2, 0) is 6.18 Å². The lowest BCUT2D eigenvalue weighted by Crippen LogP contribution is -2.14. The molecule has 0 radical (unpaired) electrons. The van der Waals surface area contributed by atoms with Gasteiger partial charge >= 0.3 is 6.18 Å². The van der Waals surface area contributed by atoms with E-state index in [0.717, 1.165) is 6.07 Å². The number of alkyl halides is 3. The first-order chi connectivity index (χ1) is 8.30. The third kappa shape index (κ3) is 2.01. The van der Waals surface area contributed by atoms with E-state index >= 15 is 0 Å². The highest BCUT2D eigenvalue weighted by molar-refractivity contribution is 5.97. The molecule has 0 amide bonds. The number of fused-ring (bicyclic) bond motifs is 1. The molecular formula is C12H10F3N3. The Kier molecular flexibility index (Phi) is 2.73. The second kappa shape index (κ2) is 3.97. The molecule has 0 fully saturated rings. The second-order valence-corrected chi connectivity index (χ2v) is 3.94. The molecule has 0 atom stereocenters. The number of hydrogen-bond donors (Lipinski definition) is 2. The summed E-state index contributed by atoms with van der Waals surface area (Å²) < 4.78 is 38.6. The largest absolute Gasteiger partial charge is 0.417 e. The van der Waals surface area contributed by atoms with Gasteiger partial charge < -0.3 is 5.73 Å². The Morgan fingerprint density at radius 3 is 2.56 bits per heavy atom. The van der Waals surface area contributed by atoms with Crippen LogP contribution >= 0.6 is 0 Å². The Hall–Kier alpha value is -2.11. The third-order valence-electron chi connectivity index (χ3n) is 2.61. The molecule has 1 aromatic heterocycles. The van der Waals surface area contributed by atoms with Crippen LogP contribution in [0.15, 0.2) is 24.3 Å². The Labute approximate surface area is 101 Å². The number of pyridine rings is 1. The summed E-state index contributed by atoms with van der Waals surface area (Å²) in [5, 5.41) is 7.33. The van der Waals surface area contributed by atoms with E-state index in [9.17, 15) is 13.2 Å². The summed E-state index contributed by atoms with van der Waals surface area (Å²) in [6, 6.07) is 5.18. The molecule has 0 bridgehead atoms. The molecule has 0 aliphatic heterocycles. The molecule has 0 saturated heterocycles. The minimum Gasteiger partial charge on any atom is -0.382 e. The van der Waals surface area contributed by atoms with Crippen molar-refractivity contribution in [3.05, 3.63) is 41.1 Å². The van der Waals surface area contributed by atoms with E-state index in [1.165, 1.54) is 18.2 Å². The zero-order valence-electron chi connectivity index (χ0n) is 9.47. The molecular weight excluding hydrogens is 243 g/mol. The molecule has 6 heteroatoms. The smallest absolute Gasteiger partial charge is 0.382 e. The summed E-state index contributed by atoms with van der Waals surface area (Å²) in [7, 11) is 0. The SMILES string of the molecule is Cc1cc(C(=N)N)nc2cccc(C(F)(F)F)c12. The highest BCUT2D eigenvalue weighted by Gasteiger charge is 2.33. The van der Waals surface area contributed by atoms with Crippen LogP contribution in [0, 0.1) is 12.3 Å². The average Bonchev–Trinajstić information content (AvgIpc) is 2.26. The van der Waals surface area contributed by atoms with Crippen LogP contribution < -0.4 is 5.73 Å². The van der Waals surface area contributed by atoms with Crippen LogP contribution in [0.3, 0.4) is 0 Å². The molecule has 1 aromatic carbocycles. The van der Waals surface area contributed by atoms with Gasteiger partial charge in [0.2, 0.25) is 0 Å². The van der Waals surface area contributed by atoms with Gasteiger partial charge in [0.15, 0.2) is 0 Å². The first-order valence-corrected chi connectivity index (χ1v) is 5.12. The number of nitrogens with two attached hydrogens (primary N) is 1. The van der Waals surface area contributed by atoms with Gasteiger partial charge in [0.25, 0.3) is 0 Å². The van der Waals surface area contributed by atoms with E-state index in [-0.39, 0.29) is 22.4 Å². The van der Waals surface area contributed by atoms with Crippen molar-refractivity contribution in [3.8, 4) is 0 Å². The van der Waals surface area contributed by atoms with Crippen LogP contribution in [0.5, 0.6) is 0 Å². The number of rotatable bonds is 1. The molecule has 0 unspecified atom stereocenters. The Morgan fingerprint density at radius 1 is 1.33 bits per heavy atom. The molecule has 3 N–H and O–H groups in total. The van der Waals surface area contributed by atoms with Crippen LogP contribution in [-0.4, -0.2) is 10.8 Å². The number of halogens is 3. The number of aryl methyl sites for hydroxylation is 1. The Bertz CT molecular complexity index is 632. The number of aromatic nitrogens is 1. The third-order valence-corrected chi connectivity index (χ3v) is 2.61. The van der Waals surface area contributed by atoms with E-state index in [0.29, 0.717) is 5.56 Å². The molecule has 3 nitrogen and oxygen atoms in total. The van der Waals surface area contributed by atoms with Crippen molar-refractivity contribution in [1.29, 1.82) is 5.41 Å². The van der Waals surface area contributed by atoms with Gasteiger partial charge in [0, 0.05) is 5.39 Å². The lowest BCUT2D eigenvalue weighted by Gasteiger charge is -2.12. The van der Waals surface area contributed by atoms with Crippen LogP contribution in [0.2, 0.25) is 0 Å². The lowest BCUT2D eigenvalue weighted by molar-refractivity contribution is -0.136. The van der Waals surface area contributed by atoms with Gasteiger partial charge in [-0.2, -0.15) is 13.2 Å². The lowest BCUT2D eigenvalue weighted by atomic mass is 10.0. The Morgan fingerprint density at radius 2 is 2.00 bits per heavy atom. The van der Waals surface area contributed by atoms with Gasteiger partial charge in [0.05, 0.1) is 11.1 Å². The van der Waals surface area contributed by atoms with Gasteiger partial charge in [-0.05, 0) is 30.7 Å².